The molecule has 110 valence electrons. The van der Waals surface area contributed by atoms with Gasteiger partial charge >= 0.3 is 0 Å². The van der Waals surface area contributed by atoms with Crippen molar-refractivity contribution in [3.05, 3.63) is 29.3 Å². The van der Waals surface area contributed by atoms with Gasteiger partial charge in [-0.3, -0.25) is 4.79 Å². The first-order chi connectivity index (χ1) is 9.63. The molecule has 2 rings (SSSR count). The molecule has 1 heterocycles. The van der Waals surface area contributed by atoms with Gasteiger partial charge in [0.15, 0.2) is 0 Å². The Hall–Kier alpha value is -1.55. The molecule has 0 unspecified atom stereocenters. The Bertz CT molecular complexity index is 468. The molecule has 4 nitrogen and oxygen atoms in total. The summed E-state index contributed by atoms with van der Waals surface area (Å²) >= 11 is 0. The number of phenolic OH excluding ortho intramolecular Hbond substituents is 1. The van der Waals surface area contributed by atoms with E-state index in [0.717, 1.165) is 32.5 Å². The molecular formula is C16H24N2O2. The van der Waals surface area contributed by atoms with Crippen molar-refractivity contribution < 1.29 is 9.90 Å². The van der Waals surface area contributed by atoms with Crippen molar-refractivity contribution in [1.29, 1.82) is 0 Å². The van der Waals surface area contributed by atoms with Crippen molar-refractivity contribution >= 4 is 5.91 Å². The molecule has 0 aromatic heterocycles. The van der Waals surface area contributed by atoms with Crippen LogP contribution in [0.3, 0.4) is 0 Å². The summed E-state index contributed by atoms with van der Waals surface area (Å²) in [5, 5.41) is 13.1. The zero-order valence-electron chi connectivity index (χ0n) is 12.4. The van der Waals surface area contributed by atoms with Crippen LogP contribution in [-0.4, -0.2) is 42.1 Å². The van der Waals surface area contributed by atoms with Crippen LogP contribution in [0.15, 0.2) is 18.2 Å². The summed E-state index contributed by atoms with van der Waals surface area (Å²) in [5.41, 5.74) is 1.28. The molecular weight excluding hydrogens is 252 g/mol. The number of benzene rings is 1. The molecule has 0 atom stereocenters. The lowest BCUT2D eigenvalue weighted by Gasteiger charge is -2.29. The van der Waals surface area contributed by atoms with Crippen LogP contribution < -0.4 is 5.32 Å². The molecule has 1 saturated heterocycles. The first-order valence-electron chi connectivity index (χ1n) is 7.42. The highest BCUT2D eigenvalue weighted by atomic mass is 16.3. The summed E-state index contributed by atoms with van der Waals surface area (Å²) in [4.78, 5) is 14.5. The number of hydrogen-bond acceptors (Lipinski definition) is 3. The Labute approximate surface area is 120 Å². The van der Waals surface area contributed by atoms with E-state index in [-0.39, 0.29) is 11.7 Å². The quantitative estimate of drug-likeness (QED) is 0.886. The maximum Gasteiger partial charge on any atom is 0.254 e. The average Bonchev–Trinajstić information content (AvgIpc) is 2.48. The molecule has 20 heavy (non-hydrogen) atoms. The molecule has 1 aliphatic rings. The number of hydrogen-bond donors (Lipinski definition) is 2. The molecule has 1 aliphatic heterocycles. The number of aromatic hydroxyl groups is 1. The highest BCUT2D eigenvalue weighted by molar-refractivity contribution is 5.96. The number of carbonyl (C=O) groups excluding carboxylic acids is 1. The van der Waals surface area contributed by atoms with Crippen molar-refractivity contribution in [2.24, 2.45) is 5.92 Å². The van der Waals surface area contributed by atoms with Gasteiger partial charge in [0.25, 0.3) is 5.91 Å². The maximum absolute atomic E-state index is 12.6. The van der Waals surface area contributed by atoms with E-state index in [2.05, 4.69) is 5.32 Å². The standard InChI is InChI=1S/C16H24N2O2/c1-3-18(11-13-7-9-17-10-8-13)16(20)14-5-4-6-15(19)12(14)2/h4-6,13,17,19H,3,7-11H2,1-2H3. The van der Waals surface area contributed by atoms with E-state index >= 15 is 0 Å². The number of carbonyl (C=O) groups is 1. The fourth-order valence-electron chi connectivity index (χ4n) is 2.76. The Morgan fingerprint density at radius 3 is 2.75 bits per heavy atom. The average molecular weight is 276 g/mol. The summed E-state index contributed by atoms with van der Waals surface area (Å²) in [7, 11) is 0. The van der Waals surface area contributed by atoms with Gasteiger partial charge < -0.3 is 15.3 Å². The van der Waals surface area contributed by atoms with E-state index in [1.807, 2.05) is 11.8 Å². The van der Waals surface area contributed by atoms with E-state index in [1.54, 1.807) is 25.1 Å². The van der Waals surface area contributed by atoms with Gasteiger partial charge in [-0.25, -0.2) is 0 Å². The maximum atomic E-state index is 12.6. The highest BCUT2D eigenvalue weighted by Crippen LogP contribution is 2.22. The van der Waals surface area contributed by atoms with Crippen molar-refractivity contribution in [2.45, 2.75) is 26.7 Å². The monoisotopic (exact) mass is 276 g/mol. The SMILES string of the molecule is CCN(CC1CCNCC1)C(=O)c1cccc(O)c1C. The van der Waals surface area contributed by atoms with E-state index < -0.39 is 0 Å². The van der Waals surface area contributed by atoms with E-state index in [1.165, 1.54) is 0 Å². The molecule has 2 N–H and O–H groups in total. The minimum Gasteiger partial charge on any atom is -0.508 e. The molecule has 0 saturated carbocycles. The number of phenols is 1. The first-order valence-corrected chi connectivity index (χ1v) is 7.42. The predicted molar refractivity (Wildman–Crippen MR) is 80.0 cm³/mol. The topological polar surface area (TPSA) is 52.6 Å². The second-order valence-corrected chi connectivity index (χ2v) is 5.49. The van der Waals surface area contributed by atoms with Gasteiger partial charge in [-0.15, -0.1) is 0 Å². The Morgan fingerprint density at radius 1 is 1.40 bits per heavy atom. The largest absolute Gasteiger partial charge is 0.508 e. The number of nitrogens with zero attached hydrogens (tertiary/aromatic N) is 1. The number of rotatable bonds is 4. The summed E-state index contributed by atoms with van der Waals surface area (Å²) in [6, 6.07) is 5.14. The summed E-state index contributed by atoms with van der Waals surface area (Å²) < 4.78 is 0. The Morgan fingerprint density at radius 2 is 2.10 bits per heavy atom. The van der Waals surface area contributed by atoms with Crippen molar-refractivity contribution in [1.82, 2.24) is 10.2 Å². The minimum atomic E-state index is 0.0273. The molecule has 1 aromatic rings. The van der Waals surface area contributed by atoms with Crippen molar-refractivity contribution in [3.63, 3.8) is 0 Å². The van der Waals surface area contributed by atoms with Crippen LogP contribution in [0.25, 0.3) is 0 Å². The molecule has 1 aromatic carbocycles. The van der Waals surface area contributed by atoms with Crippen molar-refractivity contribution in [3.8, 4) is 5.75 Å². The third kappa shape index (κ3) is 3.31. The second kappa shape index (κ2) is 6.75. The number of amides is 1. The van der Waals surface area contributed by atoms with Gasteiger partial charge in [0.2, 0.25) is 0 Å². The molecule has 0 radical (unpaired) electrons. The minimum absolute atomic E-state index is 0.0273. The van der Waals surface area contributed by atoms with Crippen LogP contribution in [-0.2, 0) is 0 Å². The molecule has 0 aliphatic carbocycles. The fourth-order valence-corrected chi connectivity index (χ4v) is 2.76. The zero-order valence-corrected chi connectivity index (χ0v) is 12.4. The molecule has 1 fully saturated rings. The molecule has 0 bridgehead atoms. The zero-order chi connectivity index (χ0) is 14.5. The Balaban J connectivity index is 2.10. The summed E-state index contributed by atoms with van der Waals surface area (Å²) in [6.45, 7) is 7.41. The third-order valence-corrected chi connectivity index (χ3v) is 4.14. The van der Waals surface area contributed by atoms with Crippen molar-refractivity contribution in [2.75, 3.05) is 26.2 Å². The highest BCUT2D eigenvalue weighted by Gasteiger charge is 2.22. The lowest BCUT2D eigenvalue weighted by Crippen LogP contribution is -2.39. The van der Waals surface area contributed by atoms with E-state index in [4.69, 9.17) is 0 Å². The van der Waals surface area contributed by atoms with Gasteiger partial charge in [0.1, 0.15) is 5.75 Å². The number of piperidine rings is 1. The van der Waals surface area contributed by atoms with Crippen LogP contribution in [0, 0.1) is 12.8 Å². The predicted octanol–water partition coefficient (Wildman–Crippen LogP) is 2.16. The van der Waals surface area contributed by atoms with Gasteiger partial charge in [-0.1, -0.05) is 6.07 Å². The fraction of sp³-hybridized carbons (Fsp3) is 0.562. The van der Waals surface area contributed by atoms with Gasteiger partial charge in [-0.05, 0) is 57.8 Å². The second-order valence-electron chi connectivity index (χ2n) is 5.49. The summed E-state index contributed by atoms with van der Waals surface area (Å²) in [6.07, 6.45) is 2.26. The Kier molecular flexibility index (Phi) is 5.01. The van der Waals surface area contributed by atoms with E-state index in [0.29, 0.717) is 23.6 Å². The van der Waals surface area contributed by atoms with Gasteiger partial charge in [0, 0.05) is 24.2 Å². The lowest BCUT2D eigenvalue weighted by molar-refractivity contribution is 0.0725. The van der Waals surface area contributed by atoms with Crippen LogP contribution in [0.5, 0.6) is 5.75 Å². The third-order valence-electron chi connectivity index (χ3n) is 4.14. The normalized spacial score (nSPS) is 16.1. The van der Waals surface area contributed by atoms with Crippen LogP contribution >= 0.6 is 0 Å². The van der Waals surface area contributed by atoms with Crippen LogP contribution in [0.4, 0.5) is 0 Å². The van der Waals surface area contributed by atoms with Gasteiger partial charge in [0.05, 0.1) is 0 Å². The molecule has 1 amide bonds. The summed E-state index contributed by atoms with van der Waals surface area (Å²) in [5.74, 6) is 0.797. The molecule has 4 heteroatoms. The first kappa shape index (κ1) is 14.9. The number of nitrogens with one attached hydrogen (secondary N) is 1. The lowest BCUT2D eigenvalue weighted by atomic mass is 9.97. The van der Waals surface area contributed by atoms with Crippen LogP contribution in [0.2, 0.25) is 0 Å². The van der Waals surface area contributed by atoms with E-state index in [9.17, 15) is 9.90 Å². The van der Waals surface area contributed by atoms with Crippen LogP contribution in [0.1, 0.15) is 35.7 Å². The van der Waals surface area contributed by atoms with Gasteiger partial charge in [-0.2, -0.15) is 0 Å². The smallest absolute Gasteiger partial charge is 0.254 e. The molecule has 0 spiro atoms.